The van der Waals surface area contributed by atoms with Crippen molar-refractivity contribution in [3.05, 3.63) is 51.3 Å². The summed E-state index contributed by atoms with van der Waals surface area (Å²) in [4.78, 5) is 11.8. The van der Waals surface area contributed by atoms with Gasteiger partial charge in [0, 0.05) is 29.1 Å². The number of carbonyl (C=O) groups excluding carboxylic acids is 1. The van der Waals surface area contributed by atoms with E-state index >= 15 is 0 Å². The van der Waals surface area contributed by atoms with Gasteiger partial charge in [-0.3, -0.25) is 4.79 Å². The second kappa shape index (κ2) is 7.63. The summed E-state index contributed by atoms with van der Waals surface area (Å²) >= 11 is 11.8. The zero-order chi connectivity index (χ0) is 16.1. The Morgan fingerprint density at radius 1 is 1.41 bits per heavy atom. The number of hydrogen-bond donors (Lipinski definition) is 2. The normalized spacial score (nSPS) is 12.2. The first kappa shape index (κ1) is 16.8. The van der Waals surface area contributed by atoms with Gasteiger partial charge in [-0.25, -0.2) is 0 Å². The average Bonchev–Trinajstić information content (AvgIpc) is 2.82. The van der Waals surface area contributed by atoms with Crippen LogP contribution >= 0.6 is 23.2 Å². The number of aromatic nitrogens is 1. The third kappa shape index (κ3) is 4.22. The molecule has 1 heterocycles. The van der Waals surface area contributed by atoms with Gasteiger partial charge in [-0.15, -0.1) is 0 Å². The van der Waals surface area contributed by atoms with Gasteiger partial charge >= 0.3 is 0 Å². The molecule has 1 atom stereocenters. The van der Waals surface area contributed by atoms with E-state index in [9.17, 15) is 9.90 Å². The summed E-state index contributed by atoms with van der Waals surface area (Å²) in [5, 5.41) is 17.1. The predicted molar refractivity (Wildman–Crippen MR) is 84.0 cm³/mol. The van der Waals surface area contributed by atoms with Crippen LogP contribution in [0.5, 0.6) is 0 Å². The maximum absolute atomic E-state index is 11.8. The van der Waals surface area contributed by atoms with Crippen LogP contribution in [-0.2, 0) is 11.2 Å². The largest absolute Gasteiger partial charge is 0.387 e. The molecule has 22 heavy (non-hydrogen) atoms. The first-order valence-electron chi connectivity index (χ1n) is 6.79. The molecule has 0 saturated heterocycles. The minimum atomic E-state index is -0.849. The van der Waals surface area contributed by atoms with E-state index in [1.165, 1.54) is 0 Å². The van der Waals surface area contributed by atoms with E-state index in [-0.39, 0.29) is 24.1 Å². The molecule has 118 valence electrons. The van der Waals surface area contributed by atoms with Crippen molar-refractivity contribution in [1.82, 2.24) is 10.5 Å². The molecule has 7 heteroatoms. The minimum Gasteiger partial charge on any atom is -0.387 e. The molecule has 2 N–H and O–H groups in total. The Hall–Kier alpha value is -1.56. The first-order valence-corrected chi connectivity index (χ1v) is 7.54. The van der Waals surface area contributed by atoms with Crippen molar-refractivity contribution >= 4 is 29.1 Å². The van der Waals surface area contributed by atoms with Gasteiger partial charge in [-0.05, 0) is 31.0 Å². The number of benzene rings is 1. The smallest absolute Gasteiger partial charge is 0.229 e. The maximum Gasteiger partial charge on any atom is 0.229 e. The summed E-state index contributed by atoms with van der Waals surface area (Å²) in [6.45, 7) is 1.86. The van der Waals surface area contributed by atoms with Crippen LogP contribution in [0.15, 0.2) is 28.8 Å². The number of rotatable bonds is 6. The second-order valence-corrected chi connectivity index (χ2v) is 5.61. The van der Waals surface area contributed by atoms with Crippen molar-refractivity contribution in [2.45, 2.75) is 25.9 Å². The number of halogens is 2. The van der Waals surface area contributed by atoms with Gasteiger partial charge < -0.3 is 14.9 Å². The van der Waals surface area contributed by atoms with E-state index in [1.54, 1.807) is 31.2 Å². The Bertz CT molecular complexity index is 638. The third-order valence-electron chi connectivity index (χ3n) is 3.30. The molecule has 0 aliphatic rings. The SMILES string of the molecule is Cc1noc(Cl)c1CCC(=O)NCC(O)c1ccccc1Cl. The summed E-state index contributed by atoms with van der Waals surface area (Å²) in [6, 6.07) is 6.98. The molecule has 1 aromatic heterocycles. The number of amides is 1. The second-order valence-electron chi connectivity index (χ2n) is 4.86. The highest BCUT2D eigenvalue weighted by atomic mass is 35.5. The average molecular weight is 343 g/mol. The molecule has 1 aromatic carbocycles. The van der Waals surface area contributed by atoms with Crippen LogP contribution in [0.2, 0.25) is 10.2 Å². The quantitative estimate of drug-likeness (QED) is 0.845. The van der Waals surface area contributed by atoms with Crippen LogP contribution in [0.25, 0.3) is 0 Å². The fraction of sp³-hybridized carbons (Fsp3) is 0.333. The molecule has 0 spiro atoms. The van der Waals surface area contributed by atoms with Gasteiger partial charge in [0.15, 0.2) is 0 Å². The highest BCUT2D eigenvalue weighted by Gasteiger charge is 2.15. The lowest BCUT2D eigenvalue weighted by Crippen LogP contribution is -2.28. The monoisotopic (exact) mass is 342 g/mol. The van der Waals surface area contributed by atoms with Crippen LogP contribution in [0.4, 0.5) is 0 Å². The Kier molecular flexibility index (Phi) is 5.83. The lowest BCUT2D eigenvalue weighted by Gasteiger charge is -2.13. The minimum absolute atomic E-state index is 0.0961. The van der Waals surface area contributed by atoms with E-state index in [4.69, 9.17) is 27.7 Å². The van der Waals surface area contributed by atoms with Crippen molar-refractivity contribution in [1.29, 1.82) is 0 Å². The number of nitrogens with one attached hydrogen (secondary N) is 1. The van der Waals surface area contributed by atoms with Gasteiger partial charge in [0.05, 0.1) is 11.8 Å². The molecule has 1 unspecified atom stereocenters. The number of carbonyl (C=O) groups is 1. The fourth-order valence-corrected chi connectivity index (χ4v) is 2.56. The molecular formula is C15H16Cl2N2O3. The van der Waals surface area contributed by atoms with Gasteiger partial charge in [-0.1, -0.05) is 35.0 Å². The van der Waals surface area contributed by atoms with E-state index in [2.05, 4.69) is 10.5 Å². The summed E-state index contributed by atoms with van der Waals surface area (Å²) < 4.78 is 4.83. The lowest BCUT2D eigenvalue weighted by atomic mass is 10.1. The summed E-state index contributed by atoms with van der Waals surface area (Å²) in [5.74, 6) is -0.192. The lowest BCUT2D eigenvalue weighted by molar-refractivity contribution is -0.121. The number of aryl methyl sites for hydroxylation is 1. The Morgan fingerprint density at radius 2 is 2.14 bits per heavy atom. The van der Waals surface area contributed by atoms with E-state index in [0.29, 0.717) is 22.7 Å². The van der Waals surface area contributed by atoms with Gasteiger partial charge in [0.1, 0.15) is 0 Å². The van der Waals surface area contributed by atoms with Gasteiger partial charge in [0.2, 0.25) is 11.1 Å². The standard InChI is InChI=1S/C15H16Cl2N2O3/c1-9-10(15(17)22-19-9)6-7-14(21)18-8-13(20)11-4-2-3-5-12(11)16/h2-5,13,20H,6-8H2,1H3,(H,18,21). The molecule has 1 amide bonds. The van der Waals surface area contributed by atoms with Crippen molar-refractivity contribution in [3.63, 3.8) is 0 Å². The van der Waals surface area contributed by atoms with Crippen LogP contribution in [-0.4, -0.2) is 22.7 Å². The molecule has 0 aliphatic carbocycles. The zero-order valence-corrected chi connectivity index (χ0v) is 13.5. The Labute approximate surface area is 138 Å². The van der Waals surface area contributed by atoms with Gasteiger partial charge in [0.25, 0.3) is 0 Å². The zero-order valence-electron chi connectivity index (χ0n) is 12.0. The molecule has 0 fully saturated rings. The van der Waals surface area contributed by atoms with E-state index in [1.807, 2.05) is 0 Å². The van der Waals surface area contributed by atoms with Crippen molar-refractivity contribution < 1.29 is 14.4 Å². The molecule has 0 saturated carbocycles. The van der Waals surface area contributed by atoms with Crippen molar-refractivity contribution in [2.24, 2.45) is 0 Å². The molecule has 5 nitrogen and oxygen atoms in total. The summed E-state index contributed by atoms with van der Waals surface area (Å²) in [7, 11) is 0. The summed E-state index contributed by atoms with van der Waals surface area (Å²) in [6.07, 6.45) is -0.183. The van der Waals surface area contributed by atoms with Crippen LogP contribution in [0.1, 0.15) is 29.3 Å². The van der Waals surface area contributed by atoms with E-state index in [0.717, 1.165) is 5.56 Å². The Balaban J connectivity index is 1.82. The molecule has 0 aliphatic heterocycles. The first-order chi connectivity index (χ1) is 10.5. The third-order valence-corrected chi connectivity index (χ3v) is 3.94. The topological polar surface area (TPSA) is 75.4 Å². The van der Waals surface area contributed by atoms with Crippen LogP contribution in [0.3, 0.4) is 0 Å². The summed E-state index contributed by atoms with van der Waals surface area (Å²) in [5.41, 5.74) is 1.99. The molecule has 0 bridgehead atoms. The maximum atomic E-state index is 11.8. The number of nitrogens with zero attached hydrogens (tertiary/aromatic N) is 1. The van der Waals surface area contributed by atoms with Crippen LogP contribution < -0.4 is 5.32 Å². The molecule has 2 aromatic rings. The van der Waals surface area contributed by atoms with Crippen LogP contribution in [0, 0.1) is 6.92 Å². The molecule has 2 rings (SSSR count). The number of hydrogen-bond acceptors (Lipinski definition) is 4. The molecular weight excluding hydrogens is 327 g/mol. The highest BCUT2D eigenvalue weighted by Crippen LogP contribution is 2.22. The number of aliphatic hydroxyl groups is 1. The molecule has 0 radical (unpaired) electrons. The van der Waals surface area contributed by atoms with Crippen molar-refractivity contribution in [3.8, 4) is 0 Å². The predicted octanol–water partition coefficient (Wildman–Crippen LogP) is 3.07. The fourth-order valence-electron chi connectivity index (χ4n) is 2.03. The highest BCUT2D eigenvalue weighted by molar-refractivity contribution is 6.31. The van der Waals surface area contributed by atoms with Gasteiger partial charge in [-0.2, -0.15) is 0 Å². The van der Waals surface area contributed by atoms with Crippen molar-refractivity contribution in [2.75, 3.05) is 6.54 Å². The Morgan fingerprint density at radius 3 is 2.77 bits per heavy atom. The van der Waals surface area contributed by atoms with E-state index < -0.39 is 6.10 Å². The number of aliphatic hydroxyl groups excluding tert-OH is 1.